The second-order valence-electron chi connectivity index (χ2n) is 4.44. The van der Waals surface area contributed by atoms with Crippen LogP contribution in [0.5, 0.6) is 0 Å². The summed E-state index contributed by atoms with van der Waals surface area (Å²) in [7, 11) is 8.36. The van der Waals surface area contributed by atoms with Gasteiger partial charge in [0.25, 0.3) is 0 Å². The van der Waals surface area contributed by atoms with Crippen molar-refractivity contribution < 1.29 is 0 Å². The first-order valence-electron chi connectivity index (χ1n) is 5.05. The molecule has 1 aromatic carbocycles. The van der Waals surface area contributed by atoms with Crippen LogP contribution in [0, 0.1) is 0 Å². The van der Waals surface area contributed by atoms with E-state index in [1.807, 2.05) is 0 Å². The van der Waals surface area contributed by atoms with Crippen LogP contribution in [-0.2, 0) is 13.1 Å². The Bertz CT molecular complexity index is 293. The van der Waals surface area contributed by atoms with Crippen LogP contribution in [0.25, 0.3) is 0 Å². The minimum absolute atomic E-state index is 0.986. The summed E-state index contributed by atoms with van der Waals surface area (Å²) in [5, 5.41) is 0. The number of benzene rings is 1. The van der Waals surface area contributed by atoms with Crippen LogP contribution in [0.1, 0.15) is 11.1 Å². The van der Waals surface area contributed by atoms with Gasteiger partial charge in [0.05, 0.1) is 0 Å². The Morgan fingerprint density at radius 1 is 0.867 bits per heavy atom. The van der Waals surface area contributed by atoms with Crippen LogP contribution in [-0.4, -0.2) is 38.0 Å². The summed E-state index contributed by atoms with van der Waals surface area (Å²) in [6.07, 6.45) is 0. The highest BCUT2D eigenvalue weighted by Crippen LogP contribution is 2.17. The standard InChI is InChI=1S/C12H19BrN2/c1-14(2)8-10-5-11(9-15(3)4)7-12(13)6-10/h5-7H,8-9H2,1-4H3. The highest BCUT2D eigenvalue weighted by Gasteiger charge is 2.02. The monoisotopic (exact) mass is 270 g/mol. The Kier molecular flexibility index (Phi) is 4.77. The normalized spacial score (nSPS) is 11.4. The molecule has 0 unspecified atom stereocenters. The highest BCUT2D eigenvalue weighted by atomic mass is 79.9. The molecule has 2 nitrogen and oxygen atoms in total. The molecule has 0 N–H and O–H groups in total. The highest BCUT2D eigenvalue weighted by molar-refractivity contribution is 9.10. The molecule has 3 heteroatoms. The molecule has 0 radical (unpaired) electrons. The summed E-state index contributed by atoms with van der Waals surface area (Å²) < 4.78 is 1.17. The van der Waals surface area contributed by atoms with Gasteiger partial charge in [0.2, 0.25) is 0 Å². The van der Waals surface area contributed by atoms with E-state index in [0.717, 1.165) is 13.1 Å². The summed E-state index contributed by atoms with van der Waals surface area (Å²) in [4.78, 5) is 4.36. The predicted octanol–water partition coefficient (Wildman–Crippen LogP) is 2.57. The minimum Gasteiger partial charge on any atom is -0.305 e. The summed E-state index contributed by atoms with van der Waals surface area (Å²) in [5.74, 6) is 0. The molecule has 0 bridgehead atoms. The zero-order valence-corrected chi connectivity index (χ0v) is 11.5. The maximum atomic E-state index is 3.56. The molecule has 0 aromatic heterocycles. The van der Waals surface area contributed by atoms with Gasteiger partial charge in [-0.2, -0.15) is 0 Å². The van der Waals surface area contributed by atoms with Crippen LogP contribution in [0.15, 0.2) is 22.7 Å². The van der Waals surface area contributed by atoms with E-state index >= 15 is 0 Å². The van der Waals surface area contributed by atoms with Crippen LogP contribution in [0.3, 0.4) is 0 Å². The third-order valence-corrected chi connectivity index (χ3v) is 2.47. The van der Waals surface area contributed by atoms with Gasteiger partial charge < -0.3 is 9.80 Å². The quantitative estimate of drug-likeness (QED) is 0.830. The molecule has 0 saturated carbocycles. The molecule has 0 spiro atoms. The number of rotatable bonds is 4. The first-order chi connectivity index (χ1) is 6.97. The van der Waals surface area contributed by atoms with Crippen molar-refractivity contribution in [2.45, 2.75) is 13.1 Å². The lowest BCUT2D eigenvalue weighted by atomic mass is 10.1. The maximum absolute atomic E-state index is 3.56. The Balaban J connectivity index is 2.84. The van der Waals surface area contributed by atoms with Crippen molar-refractivity contribution in [3.8, 4) is 0 Å². The van der Waals surface area contributed by atoms with Gasteiger partial charge in [-0.25, -0.2) is 0 Å². The fraction of sp³-hybridized carbons (Fsp3) is 0.500. The lowest BCUT2D eigenvalue weighted by Gasteiger charge is -2.14. The lowest BCUT2D eigenvalue weighted by molar-refractivity contribution is 0.395. The summed E-state index contributed by atoms with van der Waals surface area (Å²) in [6.45, 7) is 1.97. The van der Waals surface area contributed by atoms with Gasteiger partial charge in [0.15, 0.2) is 0 Å². The molecular formula is C12H19BrN2. The van der Waals surface area contributed by atoms with Crippen molar-refractivity contribution in [3.05, 3.63) is 33.8 Å². The second-order valence-corrected chi connectivity index (χ2v) is 5.36. The Hall–Kier alpha value is -0.380. The zero-order valence-electron chi connectivity index (χ0n) is 9.92. The zero-order chi connectivity index (χ0) is 11.4. The van der Waals surface area contributed by atoms with Gasteiger partial charge in [-0.15, -0.1) is 0 Å². The van der Waals surface area contributed by atoms with Crippen LogP contribution < -0.4 is 0 Å². The van der Waals surface area contributed by atoms with Gasteiger partial charge in [-0.3, -0.25) is 0 Å². The third kappa shape index (κ3) is 4.78. The van der Waals surface area contributed by atoms with Crippen LogP contribution in [0.4, 0.5) is 0 Å². The Morgan fingerprint density at radius 3 is 1.60 bits per heavy atom. The van der Waals surface area contributed by atoms with Gasteiger partial charge in [0, 0.05) is 17.6 Å². The van der Waals surface area contributed by atoms with Crippen molar-refractivity contribution >= 4 is 15.9 Å². The minimum atomic E-state index is 0.986. The Labute approximate surface area is 101 Å². The van der Waals surface area contributed by atoms with Crippen molar-refractivity contribution in [2.75, 3.05) is 28.2 Å². The molecule has 0 aliphatic rings. The average Bonchev–Trinajstić information content (AvgIpc) is 1.98. The first kappa shape index (κ1) is 12.7. The molecule has 0 aliphatic carbocycles. The van der Waals surface area contributed by atoms with E-state index < -0.39 is 0 Å². The van der Waals surface area contributed by atoms with Crippen LogP contribution in [0.2, 0.25) is 0 Å². The van der Waals surface area contributed by atoms with E-state index in [-0.39, 0.29) is 0 Å². The van der Waals surface area contributed by atoms with Crippen molar-refractivity contribution in [3.63, 3.8) is 0 Å². The number of hydrogen-bond acceptors (Lipinski definition) is 2. The van der Waals surface area contributed by atoms with Crippen molar-refractivity contribution in [1.29, 1.82) is 0 Å². The fourth-order valence-electron chi connectivity index (χ4n) is 1.63. The molecule has 0 fully saturated rings. The van der Waals surface area contributed by atoms with E-state index in [1.54, 1.807) is 0 Å². The van der Waals surface area contributed by atoms with Crippen molar-refractivity contribution in [2.24, 2.45) is 0 Å². The molecular weight excluding hydrogens is 252 g/mol. The largest absolute Gasteiger partial charge is 0.305 e. The molecule has 1 aromatic rings. The number of nitrogens with zero attached hydrogens (tertiary/aromatic N) is 2. The van der Waals surface area contributed by atoms with E-state index in [2.05, 4.69) is 72.1 Å². The topological polar surface area (TPSA) is 6.48 Å². The fourth-order valence-corrected chi connectivity index (χ4v) is 2.22. The summed E-state index contributed by atoms with van der Waals surface area (Å²) >= 11 is 3.56. The smallest absolute Gasteiger partial charge is 0.0228 e. The van der Waals surface area contributed by atoms with Gasteiger partial charge in [-0.05, 0) is 51.5 Å². The molecule has 0 amide bonds. The second kappa shape index (κ2) is 5.64. The molecule has 0 saturated heterocycles. The number of halogens is 1. The lowest BCUT2D eigenvalue weighted by Crippen LogP contribution is -2.13. The molecule has 84 valence electrons. The van der Waals surface area contributed by atoms with E-state index in [9.17, 15) is 0 Å². The van der Waals surface area contributed by atoms with Crippen LogP contribution >= 0.6 is 15.9 Å². The molecule has 1 rings (SSSR count). The van der Waals surface area contributed by atoms with E-state index in [1.165, 1.54) is 15.6 Å². The average molecular weight is 271 g/mol. The summed E-state index contributed by atoms with van der Waals surface area (Å²) in [6, 6.07) is 6.63. The van der Waals surface area contributed by atoms with Gasteiger partial charge in [-0.1, -0.05) is 22.0 Å². The summed E-state index contributed by atoms with van der Waals surface area (Å²) in [5.41, 5.74) is 2.71. The first-order valence-corrected chi connectivity index (χ1v) is 5.84. The van der Waals surface area contributed by atoms with Gasteiger partial charge in [0.1, 0.15) is 0 Å². The van der Waals surface area contributed by atoms with Gasteiger partial charge >= 0.3 is 0 Å². The SMILES string of the molecule is CN(C)Cc1cc(Br)cc(CN(C)C)c1. The predicted molar refractivity (Wildman–Crippen MR) is 68.9 cm³/mol. The van der Waals surface area contributed by atoms with E-state index in [4.69, 9.17) is 0 Å². The van der Waals surface area contributed by atoms with Crippen molar-refractivity contribution in [1.82, 2.24) is 9.80 Å². The molecule has 15 heavy (non-hydrogen) atoms. The van der Waals surface area contributed by atoms with E-state index in [0.29, 0.717) is 0 Å². The third-order valence-electron chi connectivity index (χ3n) is 2.01. The molecule has 0 atom stereocenters. The Morgan fingerprint density at radius 2 is 1.27 bits per heavy atom. The molecule has 0 heterocycles. The maximum Gasteiger partial charge on any atom is 0.0228 e. The number of hydrogen-bond donors (Lipinski definition) is 0. The molecule has 0 aliphatic heterocycles.